The van der Waals surface area contributed by atoms with Crippen LogP contribution in [0.3, 0.4) is 0 Å². The zero-order valence-corrected chi connectivity index (χ0v) is 13.8. The van der Waals surface area contributed by atoms with Gasteiger partial charge in [0.2, 0.25) is 11.8 Å². The first-order valence-electron chi connectivity index (χ1n) is 7.62. The van der Waals surface area contributed by atoms with Crippen molar-refractivity contribution in [1.29, 1.82) is 0 Å². The molecule has 10 nitrogen and oxygen atoms in total. The van der Waals surface area contributed by atoms with Gasteiger partial charge in [-0.2, -0.15) is 0 Å². The largest absolute Gasteiger partial charge is 0.482 e. The minimum Gasteiger partial charge on any atom is -0.482 e. The van der Waals surface area contributed by atoms with Crippen LogP contribution in [0.2, 0.25) is 0 Å². The summed E-state index contributed by atoms with van der Waals surface area (Å²) >= 11 is 0. The molecule has 25 heavy (non-hydrogen) atoms. The Hall–Kier alpha value is -3.17. The predicted octanol–water partition coefficient (Wildman–Crippen LogP) is -0.0390. The van der Waals surface area contributed by atoms with Gasteiger partial charge in [-0.15, -0.1) is 0 Å². The smallest absolute Gasteiger partial charge is 0.271 e. The molecule has 0 saturated carbocycles. The normalized spacial score (nSPS) is 14.2. The summed E-state index contributed by atoms with van der Waals surface area (Å²) in [5, 5.41) is 16.0. The number of fused-ring (bicyclic) bond motifs is 1. The van der Waals surface area contributed by atoms with Crippen LogP contribution in [0.1, 0.15) is 13.8 Å². The standard InChI is InChI=1S/C15H18N4O6/c1-3-16-15(22)9(2)17-13(20)7-18-11-6-10(19(23)24)4-5-12(11)25-8-14(18)21/h4-6,9H,3,7-8H2,1-2H3,(H,16,22)(H,17,20)/t9-/m0/s1. The molecule has 1 aromatic rings. The van der Waals surface area contributed by atoms with Gasteiger partial charge in [-0.25, -0.2) is 0 Å². The fraction of sp³-hybridized carbons (Fsp3) is 0.400. The topological polar surface area (TPSA) is 131 Å². The lowest BCUT2D eigenvalue weighted by molar-refractivity contribution is -0.384. The van der Waals surface area contributed by atoms with Crippen LogP contribution >= 0.6 is 0 Å². The molecule has 0 fully saturated rings. The van der Waals surface area contributed by atoms with Crippen LogP contribution < -0.4 is 20.3 Å². The summed E-state index contributed by atoms with van der Waals surface area (Å²) in [6, 6.07) is 3.03. The molecule has 1 heterocycles. The maximum atomic E-state index is 12.1. The molecule has 0 aliphatic carbocycles. The molecule has 1 aliphatic heterocycles. The highest BCUT2D eigenvalue weighted by Crippen LogP contribution is 2.35. The van der Waals surface area contributed by atoms with Crippen LogP contribution in [-0.2, 0) is 14.4 Å². The van der Waals surface area contributed by atoms with E-state index in [1.165, 1.54) is 25.1 Å². The van der Waals surface area contributed by atoms with Crippen molar-refractivity contribution >= 4 is 29.1 Å². The number of ether oxygens (including phenoxy) is 1. The Kier molecular flexibility index (Phi) is 5.52. The van der Waals surface area contributed by atoms with Crippen molar-refractivity contribution in [1.82, 2.24) is 10.6 Å². The van der Waals surface area contributed by atoms with Gasteiger partial charge in [-0.3, -0.25) is 29.4 Å². The lowest BCUT2D eigenvalue weighted by Crippen LogP contribution is -2.50. The number of nitro benzene ring substituents is 1. The van der Waals surface area contributed by atoms with Crippen molar-refractivity contribution in [3.8, 4) is 5.75 Å². The van der Waals surface area contributed by atoms with Crippen LogP contribution in [0.25, 0.3) is 0 Å². The predicted molar refractivity (Wildman–Crippen MR) is 87.2 cm³/mol. The van der Waals surface area contributed by atoms with Gasteiger partial charge in [0, 0.05) is 18.7 Å². The second-order valence-corrected chi connectivity index (χ2v) is 5.36. The lowest BCUT2D eigenvalue weighted by Gasteiger charge is -2.29. The third-order valence-electron chi connectivity index (χ3n) is 3.52. The molecular formula is C15H18N4O6. The molecule has 0 radical (unpaired) electrons. The van der Waals surface area contributed by atoms with Crippen molar-refractivity contribution < 1.29 is 24.0 Å². The van der Waals surface area contributed by atoms with Crippen LogP contribution in [0, 0.1) is 10.1 Å². The van der Waals surface area contributed by atoms with E-state index in [0.29, 0.717) is 6.54 Å². The van der Waals surface area contributed by atoms with Crippen molar-refractivity contribution in [3.63, 3.8) is 0 Å². The van der Waals surface area contributed by atoms with E-state index in [1.54, 1.807) is 6.92 Å². The van der Waals surface area contributed by atoms with Crippen LogP contribution in [0.15, 0.2) is 18.2 Å². The Morgan fingerprint density at radius 2 is 2.16 bits per heavy atom. The van der Waals surface area contributed by atoms with Gasteiger partial charge in [-0.1, -0.05) is 0 Å². The van der Waals surface area contributed by atoms with Crippen molar-refractivity contribution in [2.24, 2.45) is 0 Å². The SMILES string of the molecule is CCNC(=O)[C@H](C)NC(=O)CN1C(=O)COc2ccc([N+](=O)[O-])cc21. The first-order valence-corrected chi connectivity index (χ1v) is 7.62. The number of benzene rings is 1. The number of anilines is 1. The van der Waals surface area contributed by atoms with E-state index in [9.17, 15) is 24.5 Å². The van der Waals surface area contributed by atoms with Crippen LogP contribution in [-0.4, -0.2) is 48.4 Å². The van der Waals surface area contributed by atoms with E-state index >= 15 is 0 Å². The second-order valence-electron chi connectivity index (χ2n) is 5.36. The molecule has 2 N–H and O–H groups in total. The molecule has 1 aromatic carbocycles. The number of carbonyl (C=O) groups excluding carboxylic acids is 3. The average Bonchev–Trinajstić information content (AvgIpc) is 2.57. The summed E-state index contributed by atoms with van der Waals surface area (Å²) in [6.07, 6.45) is 0. The third-order valence-corrected chi connectivity index (χ3v) is 3.52. The van der Waals surface area contributed by atoms with Crippen LogP contribution in [0.5, 0.6) is 5.75 Å². The summed E-state index contributed by atoms with van der Waals surface area (Å²) in [5.41, 5.74) is -0.0792. The number of hydrogen-bond donors (Lipinski definition) is 2. The summed E-state index contributed by atoms with van der Waals surface area (Å²) in [7, 11) is 0. The number of carbonyl (C=O) groups is 3. The monoisotopic (exact) mass is 350 g/mol. The molecule has 3 amide bonds. The Labute approximate surface area is 143 Å². The highest BCUT2D eigenvalue weighted by atomic mass is 16.6. The fourth-order valence-corrected chi connectivity index (χ4v) is 2.30. The molecule has 0 saturated heterocycles. The molecule has 0 bridgehead atoms. The van der Waals surface area contributed by atoms with Gasteiger partial charge in [0.05, 0.1) is 10.6 Å². The zero-order chi connectivity index (χ0) is 18.6. The van der Waals surface area contributed by atoms with E-state index < -0.39 is 22.8 Å². The first-order chi connectivity index (χ1) is 11.8. The van der Waals surface area contributed by atoms with Gasteiger partial charge in [0.15, 0.2) is 6.61 Å². The minimum absolute atomic E-state index is 0.145. The Balaban J connectivity index is 2.15. The summed E-state index contributed by atoms with van der Waals surface area (Å²) < 4.78 is 5.22. The van der Waals surface area contributed by atoms with E-state index in [4.69, 9.17) is 4.74 Å². The molecule has 1 aliphatic rings. The summed E-state index contributed by atoms with van der Waals surface area (Å²) in [5.74, 6) is -1.14. The summed E-state index contributed by atoms with van der Waals surface area (Å²) in [4.78, 5) is 47.3. The highest BCUT2D eigenvalue weighted by molar-refractivity contribution is 6.03. The average molecular weight is 350 g/mol. The van der Waals surface area contributed by atoms with Crippen molar-refractivity contribution in [3.05, 3.63) is 28.3 Å². The number of nitrogens with one attached hydrogen (secondary N) is 2. The minimum atomic E-state index is -0.770. The lowest BCUT2D eigenvalue weighted by atomic mass is 10.2. The van der Waals surface area contributed by atoms with Gasteiger partial charge in [0.1, 0.15) is 18.3 Å². The zero-order valence-electron chi connectivity index (χ0n) is 13.8. The molecule has 0 unspecified atom stereocenters. The number of non-ortho nitro benzene ring substituents is 1. The van der Waals surface area contributed by atoms with Crippen LogP contribution in [0.4, 0.5) is 11.4 Å². The Morgan fingerprint density at radius 1 is 1.44 bits per heavy atom. The number of hydrogen-bond acceptors (Lipinski definition) is 6. The number of nitrogens with zero attached hydrogens (tertiary/aromatic N) is 2. The molecule has 0 aromatic heterocycles. The molecule has 0 spiro atoms. The molecule has 1 atom stereocenters. The molecule has 134 valence electrons. The maximum Gasteiger partial charge on any atom is 0.271 e. The second kappa shape index (κ2) is 7.60. The van der Waals surface area contributed by atoms with Crippen molar-refractivity contribution in [2.45, 2.75) is 19.9 Å². The number of rotatable bonds is 6. The van der Waals surface area contributed by atoms with Gasteiger partial charge >= 0.3 is 0 Å². The van der Waals surface area contributed by atoms with E-state index in [2.05, 4.69) is 10.6 Å². The maximum absolute atomic E-state index is 12.1. The quantitative estimate of drug-likeness (QED) is 0.547. The van der Waals surface area contributed by atoms with E-state index in [1.807, 2.05) is 0 Å². The molecular weight excluding hydrogens is 332 g/mol. The Morgan fingerprint density at radius 3 is 2.80 bits per heavy atom. The Bertz CT molecular complexity index is 720. The third kappa shape index (κ3) is 4.22. The fourth-order valence-electron chi connectivity index (χ4n) is 2.30. The molecule has 2 rings (SSSR count). The number of likely N-dealkylation sites (N-methyl/N-ethyl adjacent to an activating group) is 1. The van der Waals surface area contributed by atoms with Gasteiger partial charge < -0.3 is 15.4 Å². The molecule has 10 heteroatoms. The number of amides is 3. The van der Waals surface area contributed by atoms with Crippen molar-refractivity contribution in [2.75, 3.05) is 24.6 Å². The number of nitro groups is 1. The van der Waals surface area contributed by atoms with Gasteiger partial charge in [0.25, 0.3) is 11.6 Å². The van der Waals surface area contributed by atoms with Gasteiger partial charge in [-0.05, 0) is 19.9 Å². The first kappa shape index (κ1) is 18.2. The van der Waals surface area contributed by atoms with E-state index in [-0.39, 0.29) is 36.2 Å². The summed E-state index contributed by atoms with van der Waals surface area (Å²) in [6.45, 7) is 3.05. The van der Waals surface area contributed by atoms with E-state index in [0.717, 1.165) is 4.90 Å². The highest BCUT2D eigenvalue weighted by Gasteiger charge is 2.29.